The molecule has 3 heteroatoms. The largest absolute Gasteiger partial charge is 0.513 e. The third kappa shape index (κ3) is 7.00. The highest BCUT2D eigenvalue weighted by atomic mass is 16.4. The molecule has 1 aliphatic carbocycles. The summed E-state index contributed by atoms with van der Waals surface area (Å²) in [4.78, 5) is 9.00. The number of aliphatic carboxylic acids is 1. The summed E-state index contributed by atoms with van der Waals surface area (Å²) in [5.74, 6) is -0.272. The number of carboxylic acids is 1. The maximum Gasteiger partial charge on any atom is 0.300 e. The Balaban J connectivity index is 0.000000423. The molecular formula is C12H22O3. The highest BCUT2D eigenvalue weighted by Crippen LogP contribution is 2.43. The molecule has 88 valence electrons. The van der Waals surface area contributed by atoms with Crippen molar-refractivity contribution in [1.29, 1.82) is 0 Å². The van der Waals surface area contributed by atoms with Gasteiger partial charge in [-0.15, -0.1) is 0 Å². The third-order valence-corrected chi connectivity index (χ3v) is 2.15. The van der Waals surface area contributed by atoms with Crippen LogP contribution in [0, 0.1) is 10.8 Å². The van der Waals surface area contributed by atoms with E-state index in [2.05, 4.69) is 27.7 Å². The van der Waals surface area contributed by atoms with Gasteiger partial charge in [0.25, 0.3) is 5.97 Å². The minimum atomic E-state index is -0.833. The fourth-order valence-electron chi connectivity index (χ4n) is 2.34. The van der Waals surface area contributed by atoms with Crippen molar-refractivity contribution in [2.75, 3.05) is 0 Å². The summed E-state index contributed by atoms with van der Waals surface area (Å²) in [6.07, 6.45) is 3.97. The van der Waals surface area contributed by atoms with Crippen molar-refractivity contribution >= 4 is 5.97 Å². The monoisotopic (exact) mass is 214 g/mol. The lowest BCUT2D eigenvalue weighted by atomic mass is 9.69. The van der Waals surface area contributed by atoms with E-state index < -0.39 is 5.97 Å². The minimum absolute atomic E-state index is 0.172. The zero-order valence-electron chi connectivity index (χ0n) is 10.3. The van der Waals surface area contributed by atoms with E-state index in [4.69, 9.17) is 9.90 Å². The molecule has 2 N–H and O–H groups in total. The SMILES string of the molecule is CC(=O)O.CC1(C)C=C(O)CC(C)(C)C1. The van der Waals surface area contributed by atoms with Gasteiger partial charge in [0.2, 0.25) is 0 Å². The van der Waals surface area contributed by atoms with Gasteiger partial charge in [0.05, 0.1) is 5.76 Å². The molecule has 15 heavy (non-hydrogen) atoms. The second-order valence-electron chi connectivity index (χ2n) is 5.66. The highest BCUT2D eigenvalue weighted by molar-refractivity contribution is 5.62. The Hall–Kier alpha value is -0.990. The molecule has 3 nitrogen and oxygen atoms in total. The van der Waals surface area contributed by atoms with Gasteiger partial charge in [-0.05, 0) is 23.3 Å². The Morgan fingerprint density at radius 2 is 1.73 bits per heavy atom. The standard InChI is InChI=1S/C10H18O.C2H4O2/c1-9(2)5-8(11)6-10(3,4)7-9;1-2(3)4/h5,11H,6-7H2,1-4H3;1H3,(H,3,4). The molecule has 0 aromatic heterocycles. The number of hydrogen-bond acceptors (Lipinski definition) is 2. The lowest BCUT2D eigenvalue weighted by Gasteiger charge is -2.37. The van der Waals surface area contributed by atoms with Crippen LogP contribution < -0.4 is 0 Å². The van der Waals surface area contributed by atoms with Gasteiger partial charge in [-0.2, -0.15) is 0 Å². The zero-order valence-corrected chi connectivity index (χ0v) is 10.3. The summed E-state index contributed by atoms with van der Waals surface area (Å²) in [6.45, 7) is 9.84. The first-order valence-corrected chi connectivity index (χ1v) is 5.14. The first kappa shape index (κ1) is 14.0. The summed E-state index contributed by atoms with van der Waals surface area (Å²) in [6, 6.07) is 0. The number of carboxylic acid groups (broad SMARTS) is 1. The zero-order chi connectivity index (χ0) is 12.3. The predicted molar refractivity (Wildman–Crippen MR) is 60.8 cm³/mol. The quantitative estimate of drug-likeness (QED) is 0.650. The molecule has 0 aromatic carbocycles. The molecular weight excluding hydrogens is 192 g/mol. The Kier molecular flexibility index (Phi) is 4.38. The van der Waals surface area contributed by atoms with E-state index in [1.54, 1.807) is 0 Å². The van der Waals surface area contributed by atoms with Gasteiger partial charge < -0.3 is 10.2 Å². The summed E-state index contributed by atoms with van der Waals surface area (Å²) in [7, 11) is 0. The van der Waals surface area contributed by atoms with Crippen LogP contribution >= 0.6 is 0 Å². The van der Waals surface area contributed by atoms with E-state index in [9.17, 15) is 5.11 Å². The van der Waals surface area contributed by atoms with Crippen LogP contribution in [-0.4, -0.2) is 16.2 Å². The normalized spacial score (nSPS) is 22.1. The molecule has 0 aliphatic heterocycles. The minimum Gasteiger partial charge on any atom is -0.513 e. The van der Waals surface area contributed by atoms with Crippen LogP contribution in [0.25, 0.3) is 0 Å². The van der Waals surface area contributed by atoms with Crippen molar-refractivity contribution in [3.63, 3.8) is 0 Å². The smallest absolute Gasteiger partial charge is 0.300 e. The van der Waals surface area contributed by atoms with E-state index in [1.165, 1.54) is 0 Å². The Morgan fingerprint density at radius 3 is 2.00 bits per heavy atom. The van der Waals surface area contributed by atoms with Crippen LogP contribution in [0.4, 0.5) is 0 Å². The fraction of sp³-hybridized carbons (Fsp3) is 0.750. The number of allylic oxidation sites excluding steroid dienone is 2. The molecule has 1 rings (SSSR count). The molecule has 0 fully saturated rings. The van der Waals surface area contributed by atoms with Crippen LogP contribution in [0.2, 0.25) is 0 Å². The van der Waals surface area contributed by atoms with Crippen molar-refractivity contribution in [1.82, 2.24) is 0 Å². The van der Waals surface area contributed by atoms with Gasteiger partial charge in [-0.25, -0.2) is 0 Å². The molecule has 0 saturated carbocycles. The number of rotatable bonds is 0. The third-order valence-electron chi connectivity index (χ3n) is 2.15. The molecule has 0 heterocycles. The van der Waals surface area contributed by atoms with Crippen LogP contribution in [0.3, 0.4) is 0 Å². The average molecular weight is 214 g/mol. The molecule has 0 amide bonds. The summed E-state index contributed by atoms with van der Waals surface area (Å²) >= 11 is 0. The second kappa shape index (κ2) is 4.69. The van der Waals surface area contributed by atoms with Gasteiger partial charge in [0.15, 0.2) is 0 Å². The van der Waals surface area contributed by atoms with Crippen molar-refractivity contribution < 1.29 is 15.0 Å². The molecule has 0 aromatic rings. The first-order valence-electron chi connectivity index (χ1n) is 5.14. The number of aliphatic hydroxyl groups is 1. The van der Waals surface area contributed by atoms with Gasteiger partial charge in [-0.1, -0.05) is 27.7 Å². The lowest BCUT2D eigenvalue weighted by Crippen LogP contribution is -2.27. The van der Waals surface area contributed by atoms with Crippen molar-refractivity contribution in [2.45, 2.75) is 47.5 Å². The van der Waals surface area contributed by atoms with E-state index in [1.807, 2.05) is 6.08 Å². The second-order valence-corrected chi connectivity index (χ2v) is 5.66. The Bertz CT molecular complexity index is 258. The van der Waals surface area contributed by atoms with Crippen LogP contribution in [0.15, 0.2) is 11.8 Å². The van der Waals surface area contributed by atoms with E-state index in [0.717, 1.165) is 19.8 Å². The molecule has 1 aliphatic rings. The highest BCUT2D eigenvalue weighted by Gasteiger charge is 2.32. The van der Waals surface area contributed by atoms with Crippen LogP contribution in [0.1, 0.15) is 47.5 Å². The van der Waals surface area contributed by atoms with E-state index in [0.29, 0.717) is 5.76 Å². The molecule has 0 saturated heterocycles. The van der Waals surface area contributed by atoms with Crippen LogP contribution in [0.5, 0.6) is 0 Å². The van der Waals surface area contributed by atoms with Crippen LogP contribution in [-0.2, 0) is 4.79 Å². The van der Waals surface area contributed by atoms with Crippen molar-refractivity contribution in [2.24, 2.45) is 10.8 Å². The lowest BCUT2D eigenvalue weighted by molar-refractivity contribution is -0.134. The van der Waals surface area contributed by atoms with Gasteiger partial charge in [-0.3, -0.25) is 4.79 Å². The summed E-state index contributed by atoms with van der Waals surface area (Å²) in [5, 5.41) is 16.9. The first-order chi connectivity index (χ1) is 6.54. The number of aliphatic hydroxyl groups excluding tert-OH is 1. The summed E-state index contributed by atoms with van der Waals surface area (Å²) < 4.78 is 0. The molecule has 0 unspecified atom stereocenters. The Morgan fingerprint density at radius 1 is 1.33 bits per heavy atom. The molecule has 0 spiro atoms. The summed E-state index contributed by atoms with van der Waals surface area (Å²) in [5.41, 5.74) is 0.439. The molecule has 0 bridgehead atoms. The van der Waals surface area contributed by atoms with E-state index in [-0.39, 0.29) is 10.8 Å². The van der Waals surface area contributed by atoms with Crippen molar-refractivity contribution in [3.8, 4) is 0 Å². The van der Waals surface area contributed by atoms with Gasteiger partial charge in [0.1, 0.15) is 0 Å². The van der Waals surface area contributed by atoms with E-state index >= 15 is 0 Å². The Labute approximate surface area is 91.8 Å². The van der Waals surface area contributed by atoms with Gasteiger partial charge >= 0.3 is 0 Å². The molecule has 0 radical (unpaired) electrons. The van der Waals surface area contributed by atoms with Gasteiger partial charge in [0, 0.05) is 13.3 Å². The maximum absolute atomic E-state index is 9.44. The average Bonchev–Trinajstić information content (AvgIpc) is 1.73. The number of carbonyl (C=O) groups is 1. The fourth-order valence-corrected chi connectivity index (χ4v) is 2.34. The molecule has 0 atom stereocenters. The predicted octanol–water partition coefficient (Wildman–Crippen LogP) is 3.37. The van der Waals surface area contributed by atoms with Crippen molar-refractivity contribution in [3.05, 3.63) is 11.8 Å². The number of hydrogen-bond donors (Lipinski definition) is 2. The maximum atomic E-state index is 9.44. The topological polar surface area (TPSA) is 57.5 Å².